The maximum atomic E-state index is 13.2. The molecule has 0 aliphatic heterocycles. The van der Waals surface area contributed by atoms with Crippen molar-refractivity contribution in [2.24, 2.45) is 0 Å². The van der Waals surface area contributed by atoms with Gasteiger partial charge in [0.15, 0.2) is 0 Å². The maximum Gasteiger partial charge on any atom is 0.323 e. The highest BCUT2D eigenvalue weighted by Crippen LogP contribution is 2.25. The predicted octanol–water partition coefficient (Wildman–Crippen LogP) is 2.43. The molecule has 2 rings (SSSR count). The molecule has 0 unspecified atom stereocenters. The quantitative estimate of drug-likeness (QED) is 0.923. The lowest BCUT2D eigenvalue weighted by atomic mass is 10.1. The zero-order valence-corrected chi connectivity index (χ0v) is 10.8. The van der Waals surface area contributed by atoms with E-state index in [1.807, 2.05) is 0 Å². The van der Waals surface area contributed by atoms with Gasteiger partial charge in [0.2, 0.25) is 0 Å². The van der Waals surface area contributed by atoms with Crippen LogP contribution in [0, 0.1) is 11.6 Å². The highest BCUT2D eigenvalue weighted by Gasteiger charge is 2.29. The molecule has 1 aliphatic carbocycles. The van der Waals surface area contributed by atoms with Crippen molar-refractivity contribution >= 4 is 11.9 Å². The first-order valence-corrected chi connectivity index (χ1v) is 6.46. The summed E-state index contributed by atoms with van der Waals surface area (Å²) in [5.41, 5.74) is -0.157. The van der Waals surface area contributed by atoms with Gasteiger partial charge in [-0.2, -0.15) is 0 Å². The van der Waals surface area contributed by atoms with Gasteiger partial charge < -0.3 is 10.0 Å². The highest BCUT2D eigenvalue weighted by molar-refractivity contribution is 5.96. The summed E-state index contributed by atoms with van der Waals surface area (Å²) in [7, 11) is 0. The summed E-state index contributed by atoms with van der Waals surface area (Å²) in [6, 6.07) is 2.35. The largest absolute Gasteiger partial charge is 0.480 e. The van der Waals surface area contributed by atoms with E-state index in [0.717, 1.165) is 37.8 Å². The van der Waals surface area contributed by atoms with Gasteiger partial charge in [-0.3, -0.25) is 9.59 Å². The van der Waals surface area contributed by atoms with Gasteiger partial charge in [-0.15, -0.1) is 0 Å². The van der Waals surface area contributed by atoms with Gasteiger partial charge in [-0.25, -0.2) is 8.78 Å². The Kier molecular flexibility index (Phi) is 4.32. The smallest absolute Gasteiger partial charge is 0.323 e. The first-order valence-electron chi connectivity index (χ1n) is 6.46. The van der Waals surface area contributed by atoms with Gasteiger partial charge in [0.05, 0.1) is 0 Å². The Balaban J connectivity index is 2.26. The van der Waals surface area contributed by atoms with Gasteiger partial charge in [-0.05, 0) is 25.0 Å². The number of carbonyl (C=O) groups is 2. The zero-order valence-electron chi connectivity index (χ0n) is 10.8. The Morgan fingerprint density at radius 1 is 1.15 bits per heavy atom. The van der Waals surface area contributed by atoms with Crippen molar-refractivity contribution in [3.05, 3.63) is 35.4 Å². The van der Waals surface area contributed by atoms with Crippen molar-refractivity contribution in [1.82, 2.24) is 4.90 Å². The number of amides is 1. The normalized spacial score (nSPS) is 15.3. The second kappa shape index (κ2) is 5.98. The third-order valence-electron chi connectivity index (χ3n) is 3.44. The molecule has 0 aromatic heterocycles. The zero-order chi connectivity index (χ0) is 14.7. The molecular weight excluding hydrogens is 268 g/mol. The van der Waals surface area contributed by atoms with Crippen LogP contribution >= 0.6 is 0 Å². The number of aliphatic carboxylic acids is 1. The number of hydrogen-bond acceptors (Lipinski definition) is 2. The fourth-order valence-electron chi connectivity index (χ4n) is 2.57. The summed E-state index contributed by atoms with van der Waals surface area (Å²) in [5, 5.41) is 8.91. The number of nitrogens with zero attached hydrogens (tertiary/aromatic N) is 1. The predicted molar refractivity (Wildman–Crippen MR) is 67.3 cm³/mol. The van der Waals surface area contributed by atoms with Gasteiger partial charge >= 0.3 is 5.97 Å². The Bertz CT molecular complexity index is 507. The molecule has 1 aromatic carbocycles. The fraction of sp³-hybridized carbons (Fsp3) is 0.429. The van der Waals surface area contributed by atoms with E-state index >= 15 is 0 Å². The molecular formula is C14H15F2NO3. The van der Waals surface area contributed by atoms with Gasteiger partial charge in [0, 0.05) is 17.7 Å². The molecule has 1 aromatic rings. The molecule has 1 aliphatic rings. The average molecular weight is 283 g/mol. The van der Waals surface area contributed by atoms with E-state index < -0.39 is 30.1 Å². The van der Waals surface area contributed by atoms with Crippen molar-refractivity contribution in [2.75, 3.05) is 6.54 Å². The van der Waals surface area contributed by atoms with Crippen LogP contribution in [0.1, 0.15) is 36.0 Å². The van der Waals surface area contributed by atoms with Crippen LogP contribution in [0.4, 0.5) is 8.78 Å². The van der Waals surface area contributed by atoms with E-state index in [2.05, 4.69) is 0 Å². The lowest BCUT2D eigenvalue weighted by molar-refractivity contribution is -0.138. The summed E-state index contributed by atoms with van der Waals surface area (Å²) in [6.07, 6.45) is 3.28. The Morgan fingerprint density at radius 3 is 2.20 bits per heavy atom. The first-order chi connectivity index (χ1) is 9.47. The van der Waals surface area contributed by atoms with E-state index in [9.17, 15) is 18.4 Å². The Morgan fingerprint density at radius 2 is 1.70 bits per heavy atom. The monoisotopic (exact) mass is 283 g/mol. The van der Waals surface area contributed by atoms with E-state index in [1.54, 1.807) is 0 Å². The molecule has 0 bridgehead atoms. The molecule has 0 heterocycles. The van der Waals surface area contributed by atoms with E-state index in [4.69, 9.17) is 5.11 Å². The molecule has 0 atom stereocenters. The highest BCUT2D eigenvalue weighted by atomic mass is 19.1. The maximum absolute atomic E-state index is 13.2. The second-order valence-electron chi connectivity index (χ2n) is 4.92. The number of carboxylic acid groups (broad SMARTS) is 1. The minimum atomic E-state index is -1.14. The van der Waals surface area contributed by atoms with Crippen LogP contribution in [0.2, 0.25) is 0 Å². The molecule has 1 saturated carbocycles. The van der Waals surface area contributed by atoms with Crippen molar-refractivity contribution in [2.45, 2.75) is 31.7 Å². The Hall–Kier alpha value is -1.98. The molecule has 1 fully saturated rings. The number of benzene rings is 1. The minimum Gasteiger partial charge on any atom is -0.480 e. The molecule has 0 radical (unpaired) electrons. The van der Waals surface area contributed by atoms with Crippen LogP contribution in [-0.2, 0) is 4.79 Å². The summed E-state index contributed by atoms with van der Waals surface area (Å²) >= 11 is 0. The summed E-state index contributed by atoms with van der Waals surface area (Å²) in [4.78, 5) is 24.4. The standard InChI is InChI=1S/C14H15F2NO3/c15-10-5-9(6-11(16)7-10)14(20)17(8-13(18)19)12-3-1-2-4-12/h5-7,12H,1-4,8H2,(H,18,19). The molecule has 1 amide bonds. The van der Waals surface area contributed by atoms with Gasteiger partial charge in [0.1, 0.15) is 18.2 Å². The fourth-order valence-corrected chi connectivity index (χ4v) is 2.57. The summed E-state index contributed by atoms with van der Waals surface area (Å²) in [5.74, 6) is -3.48. The van der Waals surface area contributed by atoms with Crippen LogP contribution < -0.4 is 0 Å². The number of rotatable bonds is 4. The summed E-state index contributed by atoms with van der Waals surface area (Å²) < 4.78 is 26.3. The lowest BCUT2D eigenvalue weighted by Gasteiger charge is -2.27. The van der Waals surface area contributed by atoms with E-state index in [-0.39, 0.29) is 11.6 Å². The molecule has 0 spiro atoms. The number of carbonyl (C=O) groups excluding carboxylic acids is 1. The van der Waals surface area contributed by atoms with E-state index in [0.29, 0.717) is 6.07 Å². The Labute approximate surface area is 115 Å². The van der Waals surface area contributed by atoms with Crippen LogP contribution in [0.15, 0.2) is 18.2 Å². The van der Waals surface area contributed by atoms with Crippen LogP contribution in [-0.4, -0.2) is 34.5 Å². The molecule has 108 valence electrons. The van der Waals surface area contributed by atoms with Crippen molar-refractivity contribution in [3.63, 3.8) is 0 Å². The average Bonchev–Trinajstić information content (AvgIpc) is 2.87. The van der Waals surface area contributed by atoms with E-state index in [1.165, 1.54) is 4.90 Å². The SMILES string of the molecule is O=C(O)CN(C(=O)c1cc(F)cc(F)c1)C1CCCC1. The molecule has 6 heteroatoms. The van der Waals surface area contributed by atoms with Crippen LogP contribution in [0.25, 0.3) is 0 Å². The topological polar surface area (TPSA) is 57.6 Å². The number of hydrogen-bond donors (Lipinski definition) is 1. The van der Waals surface area contributed by atoms with Crippen LogP contribution in [0.3, 0.4) is 0 Å². The molecule has 4 nitrogen and oxygen atoms in total. The van der Waals surface area contributed by atoms with Crippen LogP contribution in [0.5, 0.6) is 0 Å². The lowest BCUT2D eigenvalue weighted by Crippen LogP contribution is -2.42. The number of halogens is 2. The van der Waals surface area contributed by atoms with Crippen molar-refractivity contribution in [1.29, 1.82) is 0 Å². The van der Waals surface area contributed by atoms with Crippen molar-refractivity contribution < 1.29 is 23.5 Å². The van der Waals surface area contributed by atoms with Crippen molar-refractivity contribution in [3.8, 4) is 0 Å². The van der Waals surface area contributed by atoms with Gasteiger partial charge in [-0.1, -0.05) is 12.8 Å². The number of carboxylic acids is 1. The second-order valence-corrected chi connectivity index (χ2v) is 4.92. The molecule has 20 heavy (non-hydrogen) atoms. The third-order valence-corrected chi connectivity index (χ3v) is 3.44. The third kappa shape index (κ3) is 3.31. The summed E-state index contributed by atoms with van der Waals surface area (Å²) in [6.45, 7) is -0.457. The molecule has 0 saturated heterocycles. The van der Waals surface area contributed by atoms with Gasteiger partial charge in [0.25, 0.3) is 5.91 Å². The first kappa shape index (κ1) is 14.4. The molecule has 1 N–H and O–H groups in total. The minimum absolute atomic E-state index is 0.157.